The van der Waals surface area contributed by atoms with Gasteiger partial charge >= 0.3 is 5.97 Å². The van der Waals surface area contributed by atoms with Gasteiger partial charge in [-0.25, -0.2) is 4.79 Å². The van der Waals surface area contributed by atoms with Crippen molar-refractivity contribution >= 4 is 105 Å². The highest BCUT2D eigenvalue weighted by atomic mass is 79.9. The van der Waals surface area contributed by atoms with E-state index >= 15 is 0 Å². The topological polar surface area (TPSA) is 92.8 Å². The number of amides is 3. The summed E-state index contributed by atoms with van der Waals surface area (Å²) in [5.41, 5.74) is 1.50. The summed E-state index contributed by atoms with van der Waals surface area (Å²) >= 11 is 19.2. The molecule has 0 saturated heterocycles. The molecular weight excluding hydrogens is 703 g/mol. The number of ether oxygens (including phenoxy) is 1. The molecule has 0 bridgehead atoms. The highest BCUT2D eigenvalue weighted by molar-refractivity contribution is 9.15. The molecule has 3 rings (SSSR count). The number of hydrogen-bond acceptors (Lipinski definition) is 5. The van der Waals surface area contributed by atoms with E-state index in [9.17, 15) is 19.2 Å². The number of nitrogens with zero attached hydrogens (tertiary/aromatic N) is 1. The Kier molecular flexibility index (Phi) is 7.86. The molecular formula is C20H13Br4ClN2O5. The van der Waals surface area contributed by atoms with Crippen LogP contribution in [-0.4, -0.2) is 41.2 Å². The van der Waals surface area contributed by atoms with E-state index in [0.717, 1.165) is 10.5 Å². The Balaban J connectivity index is 1.71. The number of nitrogens with one attached hydrogen (secondary N) is 1. The summed E-state index contributed by atoms with van der Waals surface area (Å²) in [5.74, 6) is -2.78. The van der Waals surface area contributed by atoms with Gasteiger partial charge in [-0.3, -0.25) is 19.3 Å². The summed E-state index contributed by atoms with van der Waals surface area (Å²) in [6.07, 6.45) is 0. The van der Waals surface area contributed by atoms with Crippen molar-refractivity contribution in [3.63, 3.8) is 0 Å². The number of fused-ring (bicyclic) bond motifs is 1. The maximum atomic E-state index is 13.0. The van der Waals surface area contributed by atoms with Crippen LogP contribution in [0.3, 0.4) is 0 Å². The maximum Gasteiger partial charge on any atom is 0.329 e. The first kappa shape index (κ1) is 25.4. The zero-order valence-corrected chi connectivity index (χ0v) is 23.5. The molecule has 12 heteroatoms. The van der Waals surface area contributed by atoms with Crippen molar-refractivity contribution in [3.05, 3.63) is 57.8 Å². The second kappa shape index (κ2) is 9.92. The zero-order chi connectivity index (χ0) is 23.9. The van der Waals surface area contributed by atoms with Crippen molar-refractivity contribution in [3.8, 4) is 0 Å². The van der Waals surface area contributed by atoms with Crippen LogP contribution in [0.1, 0.15) is 33.2 Å². The molecule has 1 aliphatic heterocycles. The Morgan fingerprint density at radius 3 is 2.06 bits per heavy atom. The van der Waals surface area contributed by atoms with Crippen LogP contribution in [0, 0.1) is 6.92 Å². The highest BCUT2D eigenvalue weighted by Gasteiger charge is 2.45. The Morgan fingerprint density at radius 2 is 1.56 bits per heavy atom. The largest absolute Gasteiger partial charge is 0.454 e. The van der Waals surface area contributed by atoms with Gasteiger partial charge in [0.25, 0.3) is 17.7 Å². The van der Waals surface area contributed by atoms with Gasteiger partial charge in [0, 0.05) is 28.6 Å². The lowest BCUT2D eigenvalue weighted by atomic mass is 10.1. The second-order valence-electron chi connectivity index (χ2n) is 6.78. The maximum absolute atomic E-state index is 13.0. The van der Waals surface area contributed by atoms with Gasteiger partial charge in [-0.15, -0.1) is 0 Å². The SMILES string of the molecule is Cc1cc(Cl)ccc1NC(=O)COC(=O)C(C)N1C(=O)c2c(Br)c(Br)c(Br)c(Br)c2C1=O. The fraction of sp³-hybridized carbons (Fsp3) is 0.200. The minimum Gasteiger partial charge on any atom is -0.454 e. The van der Waals surface area contributed by atoms with Crippen LogP contribution in [0.5, 0.6) is 0 Å². The number of anilines is 1. The minimum atomic E-state index is -1.25. The third kappa shape index (κ3) is 4.68. The molecule has 32 heavy (non-hydrogen) atoms. The first-order valence-corrected chi connectivity index (χ1v) is 12.5. The summed E-state index contributed by atoms with van der Waals surface area (Å²) in [7, 11) is 0. The lowest BCUT2D eigenvalue weighted by Gasteiger charge is -2.21. The van der Waals surface area contributed by atoms with Crippen LogP contribution in [0.2, 0.25) is 5.02 Å². The number of imide groups is 1. The molecule has 0 saturated carbocycles. The van der Waals surface area contributed by atoms with Gasteiger partial charge in [0.15, 0.2) is 6.61 Å². The molecule has 0 spiro atoms. The molecule has 0 fully saturated rings. The van der Waals surface area contributed by atoms with Crippen molar-refractivity contribution in [1.82, 2.24) is 4.90 Å². The molecule has 2 aromatic carbocycles. The van der Waals surface area contributed by atoms with Crippen LogP contribution < -0.4 is 5.32 Å². The van der Waals surface area contributed by atoms with E-state index in [1.54, 1.807) is 25.1 Å². The highest BCUT2D eigenvalue weighted by Crippen LogP contribution is 2.45. The molecule has 3 amide bonds. The fourth-order valence-corrected chi connectivity index (χ4v) is 5.72. The van der Waals surface area contributed by atoms with Gasteiger partial charge < -0.3 is 10.1 Å². The molecule has 168 valence electrons. The van der Waals surface area contributed by atoms with E-state index < -0.39 is 36.3 Å². The average Bonchev–Trinajstić information content (AvgIpc) is 3.00. The molecule has 0 aromatic heterocycles. The van der Waals surface area contributed by atoms with Gasteiger partial charge in [-0.2, -0.15) is 0 Å². The normalized spacial score (nSPS) is 13.8. The molecule has 1 aliphatic rings. The van der Waals surface area contributed by atoms with Gasteiger partial charge in [0.2, 0.25) is 0 Å². The van der Waals surface area contributed by atoms with Crippen molar-refractivity contribution < 1.29 is 23.9 Å². The monoisotopic (exact) mass is 712 g/mol. The lowest BCUT2D eigenvalue weighted by molar-refractivity contribution is -0.150. The average molecular weight is 716 g/mol. The van der Waals surface area contributed by atoms with E-state index in [-0.39, 0.29) is 11.1 Å². The third-order valence-corrected chi connectivity index (χ3v) is 9.67. The molecule has 2 aromatic rings. The van der Waals surface area contributed by atoms with Crippen LogP contribution in [0.4, 0.5) is 5.69 Å². The zero-order valence-electron chi connectivity index (χ0n) is 16.4. The summed E-state index contributed by atoms with van der Waals surface area (Å²) < 4.78 is 6.88. The van der Waals surface area contributed by atoms with E-state index in [4.69, 9.17) is 16.3 Å². The molecule has 0 radical (unpaired) electrons. The molecule has 1 heterocycles. The van der Waals surface area contributed by atoms with Crippen LogP contribution in [-0.2, 0) is 14.3 Å². The number of rotatable bonds is 5. The Morgan fingerprint density at radius 1 is 1.03 bits per heavy atom. The van der Waals surface area contributed by atoms with Crippen molar-refractivity contribution in [1.29, 1.82) is 0 Å². The van der Waals surface area contributed by atoms with Gasteiger partial charge in [0.1, 0.15) is 6.04 Å². The quantitative estimate of drug-likeness (QED) is 0.181. The van der Waals surface area contributed by atoms with Crippen molar-refractivity contribution in [2.45, 2.75) is 19.9 Å². The number of carbonyl (C=O) groups excluding carboxylic acids is 4. The van der Waals surface area contributed by atoms with E-state index in [1.165, 1.54) is 6.92 Å². The molecule has 1 atom stereocenters. The summed E-state index contributed by atoms with van der Waals surface area (Å²) in [6.45, 7) is 2.54. The van der Waals surface area contributed by atoms with E-state index in [1.807, 2.05) is 0 Å². The second-order valence-corrected chi connectivity index (χ2v) is 10.4. The Bertz CT molecular complexity index is 1140. The van der Waals surface area contributed by atoms with Gasteiger partial charge in [-0.05, 0) is 101 Å². The number of aryl methyl sites for hydroxylation is 1. The Hall–Kier alpha value is -1.27. The number of esters is 1. The summed E-state index contributed by atoms with van der Waals surface area (Å²) in [6, 6.07) is 3.68. The predicted octanol–water partition coefficient (Wildman–Crippen LogP) is 5.86. The van der Waals surface area contributed by atoms with Gasteiger partial charge in [0.05, 0.1) is 11.1 Å². The van der Waals surface area contributed by atoms with Crippen LogP contribution in [0.25, 0.3) is 0 Å². The molecule has 1 N–H and O–H groups in total. The van der Waals surface area contributed by atoms with E-state index in [0.29, 0.717) is 28.6 Å². The molecule has 7 nitrogen and oxygen atoms in total. The Labute approximate surface area is 221 Å². The first-order chi connectivity index (χ1) is 15.0. The number of benzene rings is 2. The minimum absolute atomic E-state index is 0.118. The summed E-state index contributed by atoms with van der Waals surface area (Å²) in [5, 5.41) is 3.14. The predicted molar refractivity (Wildman–Crippen MR) is 133 cm³/mol. The molecule has 0 aliphatic carbocycles. The number of halogens is 5. The van der Waals surface area contributed by atoms with Crippen LogP contribution >= 0.6 is 75.3 Å². The number of carbonyl (C=O) groups is 4. The van der Waals surface area contributed by atoms with Crippen molar-refractivity contribution in [2.75, 3.05) is 11.9 Å². The van der Waals surface area contributed by atoms with Crippen molar-refractivity contribution in [2.24, 2.45) is 0 Å². The standard InChI is InChI=1S/C20H13Br4ClN2O5/c1-7-5-9(25)3-4-10(7)26-11(28)6-32-20(31)8(2)27-18(29)12-13(19(27)30)15(22)17(24)16(23)14(12)21/h3-5,8H,6H2,1-2H3,(H,26,28). The smallest absolute Gasteiger partial charge is 0.329 e. The lowest BCUT2D eigenvalue weighted by Crippen LogP contribution is -2.44. The number of hydrogen-bond donors (Lipinski definition) is 1. The summed E-state index contributed by atoms with van der Waals surface area (Å²) in [4.78, 5) is 51.4. The first-order valence-electron chi connectivity index (χ1n) is 8.92. The molecule has 1 unspecified atom stereocenters. The van der Waals surface area contributed by atoms with E-state index in [2.05, 4.69) is 69.0 Å². The third-order valence-electron chi connectivity index (χ3n) is 4.67. The fourth-order valence-electron chi connectivity index (χ4n) is 3.03. The van der Waals surface area contributed by atoms with Crippen LogP contribution in [0.15, 0.2) is 36.1 Å². The van der Waals surface area contributed by atoms with Gasteiger partial charge in [-0.1, -0.05) is 11.6 Å².